The molecule has 3 amide bonds. The number of methoxy groups -OCH3 is 1. The van der Waals surface area contributed by atoms with Crippen LogP contribution in [-0.2, 0) is 27.2 Å². The first-order valence-corrected chi connectivity index (χ1v) is 19.7. The lowest BCUT2D eigenvalue weighted by atomic mass is 9.88. The Bertz CT molecular complexity index is 2400. The Hall–Kier alpha value is -5.97. The first-order valence-electron chi connectivity index (χ1n) is 18.0. The van der Waals surface area contributed by atoms with E-state index in [1.807, 2.05) is 84.9 Å². The summed E-state index contributed by atoms with van der Waals surface area (Å²) in [5.41, 5.74) is 3.92. The summed E-state index contributed by atoms with van der Waals surface area (Å²) in [6.07, 6.45) is 4.26. The summed E-state index contributed by atoms with van der Waals surface area (Å²) in [5.74, 6) is -1.18. The first-order chi connectivity index (χ1) is 26.8. The van der Waals surface area contributed by atoms with Crippen molar-refractivity contribution in [1.29, 1.82) is 0 Å². The van der Waals surface area contributed by atoms with Crippen LogP contribution in [0.15, 0.2) is 138 Å². The Balaban J connectivity index is 1.16. The fraction of sp³-hybridized carbons (Fsp3) is 0.156. The van der Waals surface area contributed by atoms with Gasteiger partial charge in [0.25, 0.3) is 11.8 Å². The quantitative estimate of drug-likeness (QED) is 0.0688. The van der Waals surface area contributed by atoms with Gasteiger partial charge in [-0.05, 0) is 89.1 Å². The van der Waals surface area contributed by atoms with Gasteiger partial charge in [0.15, 0.2) is 0 Å². The number of hydrogen-bond acceptors (Lipinski definition) is 7. The molecule has 1 aliphatic carbocycles. The van der Waals surface area contributed by atoms with Crippen molar-refractivity contribution in [2.75, 3.05) is 17.7 Å². The van der Waals surface area contributed by atoms with Crippen LogP contribution in [0.1, 0.15) is 60.9 Å². The van der Waals surface area contributed by atoms with Gasteiger partial charge in [0.05, 0.1) is 12.7 Å². The average Bonchev–Trinajstić information content (AvgIpc) is 3.56. The molecule has 276 valence electrons. The van der Waals surface area contributed by atoms with Gasteiger partial charge in [-0.3, -0.25) is 14.4 Å². The van der Waals surface area contributed by atoms with Gasteiger partial charge in [0.1, 0.15) is 15.9 Å². The number of rotatable bonds is 11. The van der Waals surface area contributed by atoms with Gasteiger partial charge in [-0.25, -0.2) is 4.79 Å². The minimum Gasteiger partial charge on any atom is -0.465 e. The van der Waals surface area contributed by atoms with Crippen LogP contribution < -0.4 is 16.0 Å². The Labute approximate surface area is 328 Å². The van der Waals surface area contributed by atoms with Crippen LogP contribution >= 0.6 is 23.1 Å². The largest absolute Gasteiger partial charge is 0.465 e. The Morgan fingerprint density at radius 3 is 2.33 bits per heavy atom. The third-order valence-corrected chi connectivity index (χ3v) is 11.9. The predicted molar refractivity (Wildman–Crippen MR) is 221 cm³/mol. The van der Waals surface area contributed by atoms with Gasteiger partial charge in [0, 0.05) is 21.0 Å². The molecule has 8 nitrogen and oxygen atoms in total. The number of benzene rings is 5. The molecule has 2 unspecified atom stereocenters. The maximum Gasteiger partial charge on any atom is 0.341 e. The lowest BCUT2D eigenvalue weighted by molar-refractivity contribution is -0.116. The molecule has 0 fully saturated rings. The molecule has 0 spiro atoms. The molecule has 0 bridgehead atoms. The van der Waals surface area contributed by atoms with E-state index in [9.17, 15) is 19.2 Å². The third kappa shape index (κ3) is 8.72. The molecular weight excluding hydrogens is 727 g/mol. The highest BCUT2D eigenvalue weighted by Crippen LogP contribution is 2.42. The van der Waals surface area contributed by atoms with E-state index in [1.54, 1.807) is 48.5 Å². The fourth-order valence-corrected chi connectivity index (χ4v) is 9.18. The van der Waals surface area contributed by atoms with Gasteiger partial charge >= 0.3 is 5.97 Å². The van der Waals surface area contributed by atoms with Crippen molar-refractivity contribution >= 4 is 74.3 Å². The molecule has 10 heteroatoms. The standard InChI is InChI=1S/C45H39N3O5S2/c1-28-23-24-36-38(25-28)55-44(39(36)45(52)53-2)48-43(51)40(30-14-5-3-6-15-30)54-34-21-12-20-33(27-34)46-42(50)37(47-41(49)31-16-7-4-8-17-31)26-32-19-11-18-29-13-9-10-22-35(29)32/h3-22,26-28,40H,23-25H2,1-2H3,(H,46,50)(H,47,49)(H,48,51)/b37-26+. The van der Waals surface area contributed by atoms with Crippen molar-refractivity contribution in [2.45, 2.75) is 36.3 Å². The Morgan fingerprint density at radius 1 is 0.836 bits per heavy atom. The number of amides is 3. The van der Waals surface area contributed by atoms with Crippen molar-refractivity contribution in [3.05, 3.63) is 166 Å². The summed E-state index contributed by atoms with van der Waals surface area (Å²) in [4.78, 5) is 56.3. The van der Waals surface area contributed by atoms with E-state index >= 15 is 0 Å². The van der Waals surface area contributed by atoms with E-state index in [0.29, 0.717) is 27.7 Å². The summed E-state index contributed by atoms with van der Waals surface area (Å²) in [6.45, 7) is 2.19. The van der Waals surface area contributed by atoms with E-state index in [-0.39, 0.29) is 11.6 Å². The van der Waals surface area contributed by atoms with E-state index in [0.717, 1.165) is 56.5 Å². The van der Waals surface area contributed by atoms with Crippen molar-refractivity contribution in [1.82, 2.24) is 5.32 Å². The minimum absolute atomic E-state index is 0.0688. The number of hydrogen-bond donors (Lipinski definition) is 3. The molecule has 0 radical (unpaired) electrons. The first kappa shape index (κ1) is 37.3. The molecular formula is C45H39N3O5S2. The second kappa shape index (κ2) is 17.0. The topological polar surface area (TPSA) is 114 Å². The molecule has 5 aromatic carbocycles. The number of carbonyl (C=O) groups is 4. The normalized spacial score (nSPS) is 14.4. The highest BCUT2D eigenvalue weighted by Gasteiger charge is 2.31. The maximum absolute atomic E-state index is 14.2. The molecule has 7 rings (SSSR count). The summed E-state index contributed by atoms with van der Waals surface area (Å²) in [6, 6.07) is 39.0. The third-order valence-electron chi connectivity index (χ3n) is 9.48. The average molecular weight is 766 g/mol. The molecule has 1 aromatic heterocycles. The van der Waals surface area contributed by atoms with Crippen LogP contribution in [0.4, 0.5) is 10.7 Å². The summed E-state index contributed by atoms with van der Waals surface area (Å²) in [7, 11) is 1.36. The number of nitrogens with one attached hydrogen (secondary N) is 3. The minimum atomic E-state index is -0.692. The van der Waals surface area contributed by atoms with E-state index in [2.05, 4.69) is 22.9 Å². The maximum atomic E-state index is 14.2. The van der Waals surface area contributed by atoms with Gasteiger partial charge < -0.3 is 20.7 Å². The zero-order chi connectivity index (χ0) is 38.3. The molecule has 6 aromatic rings. The number of thioether (sulfide) groups is 1. The lowest BCUT2D eigenvalue weighted by Crippen LogP contribution is -2.30. The molecule has 2 atom stereocenters. The van der Waals surface area contributed by atoms with Crippen molar-refractivity contribution in [3.8, 4) is 0 Å². The number of anilines is 2. The highest BCUT2D eigenvalue weighted by molar-refractivity contribution is 8.00. The monoisotopic (exact) mass is 765 g/mol. The molecule has 3 N–H and O–H groups in total. The van der Waals surface area contributed by atoms with Gasteiger partial charge in [-0.15, -0.1) is 23.1 Å². The molecule has 55 heavy (non-hydrogen) atoms. The molecule has 0 aliphatic heterocycles. The van der Waals surface area contributed by atoms with Crippen LogP contribution in [0, 0.1) is 5.92 Å². The smallest absolute Gasteiger partial charge is 0.341 e. The SMILES string of the molecule is COC(=O)c1c(NC(=O)C(Sc2cccc(NC(=O)/C(=C\c3cccc4ccccc34)NC(=O)c3ccccc3)c2)c2ccccc2)sc2c1CCC(C)C2. The highest BCUT2D eigenvalue weighted by atomic mass is 32.2. The van der Waals surface area contributed by atoms with Crippen molar-refractivity contribution in [3.63, 3.8) is 0 Å². The van der Waals surface area contributed by atoms with E-state index < -0.39 is 23.0 Å². The van der Waals surface area contributed by atoms with Crippen LogP contribution in [0.3, 0.4) is 0 Å². The van der Waals surface area contributed by atoms with E-state index in [4.69, 9.17) is 4.74 Å². The number of ether oxygens (including phenoxy) is 1. The second-order valence-corrected chi connectivity index (χ2v) is 15.7. The van der Waals surface area contributed by atoms with Gasteiger partial charge in [-0.1, -0.05) is 104 Å². The Morgan fingerprint density at radius 2 is 1.55 bits per heavy atom. The van der Waals surface area contributed by atoms with Crippen molar-refractivity contribution in [2.24, 2.45) is 5.92 Å². The predicted octanol–water partition coefficient (Wildman–Crippen LogP) is 9.69. The van der Waals surface area contributed by atoms with E-state index in [1.165, 1.54) is 30.2 Å². The summed E-state index contributed by atoms with van der Waals surface area (Å²) in [5, 5.41) is 10.6. The van der Waals surface area contributed by atoms with Crippen LogP contribution in [0.2, 0.25) is 0 Å². The van der Waals surface area contributed by atoms with Gasteiger partial charge in [-0.2, -0.15) is 0 Å². The number of fused-ring (bicyclic) bond motifs is 2. The molecule has 0 saturated carbocycles. The zero-order valence-corrected chi connectivity index (χ0v) is 32.0. The van der Waals surface area contributed by atoms with Gasteiger partial charge in [0.2, 0.25) is 5.91 Å². The summed E-state index contributed by atoms with van der Waals surface area (Å²) < 4.78 is 5.16. The molecule has 1 heterocycles. The molecule has 0 saturated heterocycles. The second-order valence-electron chi connectivity index (χ2n) is 13.4. The molecule has 1 aliphatic rings. The zero-order valence-electron chi connectivity index (χ0n) is 30.3. The number of thiophene rings is 1. The van der Waals surface area contributed by atoms with Crippen LogP contribution in [0.5, 0.6) is 0 Å². The van der Waals surface area contributed by atoms with Crippen molar-refractivity contribution < 1.29 is 23.9 Å². The summed E-state index contributed by atoms with van der Waals surface area (Å²) >= 11 is 2.77. The number of esters is 1. The number of carbonyl (C=O) groups excluding carboxylic acids is 4. The van der Waals surface area contributed by atoms with Crippen LogP contribution in [-0.4, -0.2) is 30.8 Å². The fourth-order valence-electron chi connectivity index (χ4n) is 6.69. The Kier molecular flexibility index (Phi) is 11.6. The van der Waals surface area contributed by atoms with Crippen LogP contribution in [0.25, 0.3) is 16.8 Å². The lowest BCUT2D eigenvalue weighted by Gasteiger charge is -2.18.